The van der Waals surface area contributed by atoms with E-state index in [4.69, 9.17) is 0 Å². The van der Waals surface area contributed by atoms with Crippen molar-refractivity contribution < 1.29 is 14.3 Å². The SMILES string of the molecule is COC(=O)c1ccc(NC(=O)c2ccnc(Nc3ccc(C)c(C)c3)n2)cc1. The van der Waals surface area contributed by atoms with E-state index in [1.807, 2.05) is 32.0 Å². The lowest BCUT2D eigenvalue weighted by Gasteiger charge is -2.09. The van der Waals surface area contributed by atoms with Crippen molar-refractivity contribution in [2.75, 3.05) is 17.7 Å². The predicted molar refractivity (Wildman–Crippen MR) is 107 cm³/mol. The second-order valence-corrected chi connectivity index (χ2v) is 6.21. The van der Waals surface area contributed by atoms with Gasteiger partial charge < -0.3 is 15.4 Å². The van der Waals surface area contributed by atoms with Crippen molar-refractivity contribution in [1.29, 1.82) is 0 Å². The van der Waals surface area contributed by atoms with Gasteiger partial charge in [-0.05, 0) is 67.4 Å². The molecular formula is C21H20N4O3. The van der Waals surface area contributed by atoms with Crippen LogP contribution in [0.4, 0.5) is 17.3 Å². The van der Waals surface area contributed by atoms with E-state index < -0.39 is 5.97 Å². The van der Waals surface area contributed by atoms with E-state index >= 15 is 0 Å². The van der Waals surface area contributed by atoms with E-state index in [1.165, 1.54) is 24.9 Å². The number of esters is 1. The number of carbonyl (C=O) groups is 2. The number of hydrogen-bond donors (Lipinski definition) is 2. The molecule has 0 aliphatic heterocycles. The molecule has 3 rings (SSSR count). The fraction of sp³-hybridized carbons (Fsp3) is 0.143. The molecule has 0 atom stereocenters. The van der Waals surface area contributed by atoms with Gasteiger partial charge in [0.15, 0.2) is 0 Å². The first kappa shape index (κ1) is 19.0. The molecule has 7 nitrogen and oxygen atoms in total. The average Bonchev–Trinajstić information content (AvgIpc) is 2.71. The van der Waals surface area contributed by atoms with Crippen molar-refractivity contribution in [1.82, 2.24) is 9.97 Å². The molecule has 0 aliphatic carbocycles. The van der Waals surface area contributed by atoms with Crippen LogP contribution in [0.1, 0.15) is 32.0 Å². The molecule has 0 saturated heterocycles. The molecule has 142 valence electrons. The molecule has 7 heteroatoms. The van der Waals surface area contributed by atoms with Crippen molar-refractivity contribution in [3.05, 3.63) is 77.1 Å². The Bertz CT molecular complexity index is 1020. The van der Waals surface area contributed by atoms with E-state index in [0.717, 1.165) is 11.3 Å². The summed E-state index contributed by atoms with van der Waals surface area (Å²) in [5.41, 5.74) is 4.35. The van der Waals surface area contributed by atoms with Crippen LogP contribution in [0.25, 0.3) is 0 Å². The third-order valence-electron chi connectivity index (χ3n) is 4.22. The monoisotopic (exact) mass is 376 g/mol. The molecule has 28 heavy (non-hydrogen) atoms. The van der Waals surface area contributed by atoms with Crippen LogP contribution in [0.5, 0.6) is 0 Å². The lowest BCUT2D eigenvalue weighted by atomic mass is 10.1. The maximum absolute atomic E-state index is 12.5. The van der Waals surface area contributed by atoms with Crippen LogP contribution in [0.15, 0.2) is 54.7 Å². The fourth-order valence-corrected chi connectivity index (χ4v) is 2.50. The first-order chi connectivity index (χ1) is 13.5. The van der Waals surface area contributed by atoms with Gasteiger partial charge in [0.1, 0.15) is 5.69 Å². The molecule has 0 bridgehead atoms. The zero-order valence-electron chi connectivity index (χ0n) is 15.8. The van der Waals surface area contributed by atoms with Gasteiger partial charge in [-0.2, -0.15) is 0 Å². The summed E-state index contributed by atoms with van der Waals surface area (Å²) in [6.07, 6.45) is 1.52. The van der Waals surface area contributed by atoms with Gasteiger partial charge in [0.25, 0.3) is 5.91 Å². The predicted octanol–water partition coefficient (Wildman–Crippen LogP) is 3.88. The highest BCUT2D eigenvalue weighted by Crippen LogP contribution is 2.18. The number of rotatable bonds is 5. The summed E-state index contributed by atoms with van der Waals surface area (Å²) in [6.45, 7) is 4.06. The summed E-state index contributed by atoms with van der Waals surface area (Å²) in [6, 6.07) is 13.9. The van der Waals surface area contributed by atoms with Crippen molar-refractivity contribution in [3.63, 3.8) is 0 Å². The Morgan fingerprint density at radius 1 is 0.929 bits per heavy atom. The second-order valence-electron chi connectivity index (χ2n) is 6.21. The van der Waals surface area contributed by atoms with Crippen molar-refractivity contribution >= 4 is 29.2 Å². The van der Waals surface area contributed by atoms with Crippen molar-refractivity contribution in [2.24, 2.45) is 0 Å². The van der Waals surface area contributed by atoms with E-state index in [2.05, 4.69) is 25.3 Å². The molecule has 2 N–H and O–H groups in total. The molecule has 0 unspecified atom stereocenters. The zero-order valence-corrected chi connectivity index (χ0v) is 15.8. The summed E-state index contributed by atoms with van der Waals surface area (Å²) in [7, 11) is 1.32. The molecule has 0 fully saturated rings. The Morgan fingerprint density at radius 2 is 1.64 bits per heavy atom. The third kappa shape index (κ3) is 4.50. The summed E-state index contributed by atoms with van der Waals surface area (Å²) >= 11 is 0. The van der Waals surface area contributed by atoms with Crippen LogP contribution in [-0.2, 0) is 4.74 Å². The average molecular weight is 376 g/mol. The van der Waals surface area contributed by atoms with Gasteiger partial charge in [-0.3, -0.25) is 4.79 Å². The van der Waals surface area contributed by atoms with Crippen molar-refractivity contribution in [3.8, 4) is 0 Å². The molecule has 0 radical (unpaired) electrons. The molecule has 0 aliphatic rings. The highest BCUT2D eigenvalue weighted by Gasteiger charge is 2.11. The Kier molecular flexibility index (Phi) is 5.64. The van der Waals surface area contributed by atoms with Gasteiger partial charge in [-0.15, -0.1) is 0 Å². The number of methoxy groups -OCH3 is 1. The van der Waals surface area contributed by atoms with Crippen LogP contribution < -0.4 is 10.6 Å². The summed E-state index contributed by atoms with van der Waals surface area (Å²) in [4.78, 5) is 32.4. The van der Waals surface area contributed by atoms with Gasteiger partial charge in [0.2, 0.25) is 5.95 Å². The molecule has 3 aromatic rings. The van der Waals surface area contributed by atoms with Crippen LogP contribution in [0.2, 0.25) is 0 Å². The lowest BCUT2D eigenvalue weighted by molar-refractivity contribution is 0.0600. The van der Waals surface area contributed by atoms with Crippen LogP contribution in [0, 0.1) is 13.8 Å². The molecule has 0 saturated carbocycles. The highest BCUT2D eigenvalue weighted by atomic mass is 16.5. The number of hydrogen-bond acceptors (Lipinski definition) is 6. The number of ether oxygens (including phenoxy) is 1. The minimum atomic E-state index is -0.435. The molecule has 1 amide bonds. The zero-order chi connectivity index (χ0) is 20.1. The molecule has 1 heterocycles. The summed E-state index contributed by atoms with van der Waals surface area (Å²) < 4.78 is 4.65. The normalized spacial score (nSPS) is 10.2. The van der Waals surface area contributed by atoms with Gasteiger partial charge in [-0.25, -0.2) is 14.8 Å². The van der Waals surface area contributed by atoms with E-state index in [9.17, 15) is 9.59 Å². The largest absolute Gasteiger partial charge is 0.465 e. The summed E-state index contributed by atoms with van der Waals surface area (Å²) in [5.74, 6) is -0.482. The Labute approximate surface area is 162 Å². The van der Waals surface area contributed by atoms with Crippen molar-refractivity contribution in [2.45, 2.75) is 13.8 Å². The van der Waals surface area contributed by atoms with Crippen LogP contribution in [0.3, 0.4) is 0 Å². The fourth-order valence-electron chi connectivity index (χ4n) is 2.50. The minimum absolute atomic E-state index is 0.221. The minimum Gasteiger partial charge on any atom is -0.465 e. The number of carbonyl (C=O) groups excluding carboxylic acids is 2. The maximum Gasteiger partial charge on any atom is 0.337 e. The number of amides is 1. The summed E-state index contributed by atoms with van der Waals surface area (Å²) in [5, 5.41) is 5.84. The first-order valence-corrected chi connectivity index (χ1v) is 8.63. The number of nitrogens with one attached hydrogen (secondary N) is 2. The number of aromatic nitrogens is 2. The molecule has 0 spiro atoms. The van der Waals surface area contributed by atoms with Crippen LogP contribution >= 0.6 is 0 Å². The van der Waals surface area contributed by atoms with E-state index in [1.54, 1.807) is 24.3 Å². The third-order valence-corrected chi connectivity index (χ3v) is 4.22. The highest BCUT2D eigenvalue weighted by molar-refractivity contribution is 6.03. The second kappa shape index (κ2) is 8.30. The van der Waals surface area contributed by atoms with Gasteiger partial charge in [0.05, 0.1) is 12.7 Å². The van der Waals surface area contributed by atoms with Gasteiger partial charge >= 0.3 is 5.97 Å². The van der Waals surface area contributed by atoms with Crippen LogP contribution in [-0.4, -0.2) is 29.0 Å². The Hall–Kier alpha value is -3.74. The topological polar surface area (TPSA) is 93.2 Å². The lowest BCUT2D eigenvalue weighted by Crippen LogP contribution is -2.15. The Balaban J connectivity index is 1.71. The first-order valence-electron chi connectivity index (χ1n) is 8.63. The standard InChI is InChI=1S/C21H20N4O3/c1-13-4-7-17(12-14(13)2)24-21-22-11-10-18(25-21)19(26)23-16-8-5-15(6-9-16)20(27)28-3/h4-12H,1-3H3,(H,23,26)(H,22,24,25). The molecular weight excluding hydrogens is 356 g/mol. The van der Waals surface area contributed by atoms with E-state index in [0.29, 0.717) is 17.2 Å². The Morgan fingerprint density at radius 3 is 2.32 bits per heavy atom. The number of nitrogens with zero attached hydrogens (tertiary/aromatic N) is 2. The number of anilines is 3. The smallest absolute Gasteiger partial charge is 0.337 e. The molecule has 2 aromatic carbocycles. The maximum atomic E-state index is 12.5. The quantitative estimate of drug-likeness (QED) is 0.657. The van der Waals surface area contributed by atoms with Gasteiger partial charge in [-0.1, -0.05) is 6.07 Å². The number of aryl methyl sites for hydroxylation is 2. The molecule has 1 aromatic heterocycles. The van der Waals surface area contributed by atoms with E-state index in [-0.39, 0.29) is 11.6 Å². The number of benzene rings is 2. The van der Waals surface area contributed by atoms with Gasteiger partial charge in [0, 0.05) is 17.6 Å².